The Morgan fingerprint density at radius 3 is 2.67 bits per heavy atom. The molecule has 0 saturated heterocycles. The highest BCUT2D eigenvalue weighted by molar-refractivity contribution is 5.79. The third-order valence-electron chi connectivity index (χ3n) is 5.84. The monoisotopic (exact) mass is 333 g/mol. The molecule has 0 radical (unpaired) electrons. The Kier molecular flexibility index (Phi) is 6.54. The van der Waals surface area contributed by atoms with E-state index in [0.29, 0.717) is 17.3 Å². The van der Waals surface area contributed by atoms with Crippen molar-refractivity contribution in [2.75, 3.05) is 13.7 Å². The topological polar surface area (TPSA) is 38.3 Å². The highest BCUT2D eigenvalue weighted by Gasteiger charge is 2.39. The Labute approximate surface area is 147 Å². The second-order valence-electron chi connectivity index (χ2n) is 8.62. The molecule has 2 aliphatic carbocycles. The SMILES string of the molecule is COC1=CC=C(CCNC(=O)C2CC(C)(C)CCC2C(C)C)CC1. The lowest BCUT2D eigenvalue weighted by Gasteiger charge is -2.41. The minimum absolute atomic E-state index is 0.175. The molecule has 0 aliphatic heterocycles. The molecule has 3 nitrogen and oxygen atoms in total. The number of hydrogen-bond donors (Lipinski definition) is 1. The molecule has 0 aromatic heterocycles. The quantitative estimate of drug-likeness (QED) is 0.755. The highest BCUT2D eigenvalue weighted by atomic mass is 16.5. The second-order valence-corrected chi connectivity index (χ2v) is 8.62. The summed E-state index contributed by atoms with van der Waals surface area (Å²) in [4.78, 5) is 12.8. The van der Waals surface area contributed by atoms with Gasteiger partial charge in [-0.05, 0) is 55.4 Å². The van der Waals surface area contributed by atoms with Crippen molar-refractivity contribution in [3.05, 3.63) is 23.5 Å². The summed E-state index contributed by atoms with van der Waals surface area (Å²) < 4.78 is 5.26. The molecular weight excluding hydrogens is 298 g/mol. The predicted molar refractivity (Wildman–Crippen MR) is 99.5 cm³/mol. The minimum atomic E-state index is 0.175. The maximum Gasteiger partial charge on any atom is 0.223 e. The van der Waals surface area contributed by atoms with Crippen molar-refractivity contribution in [1.82, 2.24) is 5.32 Å². The number of hydrogen-bond acceptors (Lipinski definition) is 2. The zero-order valence-corrected chi connectivity index (χ0v) is 16.2. The summed E-state index contributed by atoms with van der Waals surface area (Å²) in [6.07, 6.45) is 10.6. The van der Waals surface area contributed by atoms with Crippen molar-refractivity contribution in [2.45, 2.75) is 66.2 Å². The van der Waals surface area contributed by atoms with Gasteiger partial charge >= 0.3 is 0 Å². The first kappa shape index (κ1) is 19.1. The average molecular weight is 334 g/mol. The van der Waals surface area contributed by atoms with Gasteiger partial charge in [-0.15, -0.1) is 0 Å². The van der Waals surface area contributed by atoms with E-state index in [1.165, 1.54) is 18.4 Å². The van der Waals surface area contributed by atoms with E-state index in [4.69, 9.17) is 4.74 Å². The van der Waals surface area contributed by atoms with E-state index < -0.39 is 0 Å². The number of carbonyl (C=O) groups excluding carboxylic acids is 1. The van der Waals surface area contributed by atoms with Gasteiger partial charge in [-0.25, -0.2) is 0 Å². The van der Waals surface area contributed by atoms with E-state index in [2.05, 4.69) is 45.2 Å². The molecule has 2 rings (SSSR count). The van der Waals surface area contributed by atoms with Crippen LogP contribution in [0.25, 0.3) is 0 Å². The van der Waals surface area contributed by atoms with Crippen LogP contribution < -0.4 is 5.32 Å². The number of amides is 1. The smallest absolute Gasteiger partial charge is 0.223 e. The van der Waals surface area contributed by atoms with Gasteiger partial charge in [0, 0.05) is 18.9 Å². The molecule has 0 heterocycles. The lowest BCUT2D eigenvalue weighted by atomic mass is 9.64. The number of allylic oxidation sites excluding steroid dienone is 3. The molecule has 1 N–H and O–H groups in total. The fraction of sp³-hybridized carbons (Fsp3) is 0.762. The molecule has 2 atom stereocenters. The molecule has 24 heavy (non-hydrogen) atoms. The molecule has 0 spiro atoms. The molecule has 0 aromatic rings. The van der Waals surface area contributed by atoms with E-state index in [9.17, 15) is 4.79 Å². The van der Waals surface area contributed by atoms with Crippen LogP contribution in [0.15, 0.2) is 23.5 Å². The molecule has 1 saturated carbocycles. The van der Waals surface area contributed by atoms with Crippen LogP contribution in [-0.4, -0.2) is 19.6 Å². The number of carbonyl (C=O) groups is 1. The van der Waals surface area contributed by atoms with Gasteiger partial charge in [0.05, 0.1) is 12.9 Å². The lowest BCUT2D eigenvalue weighted by molar-refractivity contribution is -0.130. The number of rotatable bonds is 6. The van der Waals surface area contributed by atoms with Crippen LogP contribution in [0.4, 0.5) is 0 Å². The van der Waals surface area contributed by atoms with E-state index in [1.807, 2.05) is 0 Å². The molecule has 0 bridgehead atoms. The third kappa shape index (κ3) is 5.12. The van der Waals surface area contributed by atoms with E-state index >= 15 is 0 Å². The molecular formula is C21H35NO2. The first-order chi connectivity index (χ1) is 11.3. The Morgan fingerprint density at radius 2 is 2.08 bits per heavy atom. The molecule has 1 fully saturated rings. The average Bonchev–Trinajstić information content (AvgIpc) is 2.54. The minimum Gasteiger partial charge on any atom is -0.501 e. The van der Waals surface area contributed by atoms with Crippen LogP contribution in [0.1, 0.15) is 66.2 Å². The standard InChI is InChI=1S/C21H35NO2/c1-15(2)18-10-12-21(3,4)14-19(18)20(23)22-13-11-16-6-8-17(24-5)9-7-16/h6,8,15,18-19H,7,9-14H2,1-5H3,(H,22,23). The largest absolute Gasteiger partial charge is 0.501 e. The summed E-state index contributed by atoms with van der Waals surface area (Å²) in [7, 11) is 1.72. The van der Waals surface area contributed by atoms with E-state index in [-0.39, 0.29) is 11.8 Å². The van der Waals surface area contributed by atoms with Crippen LogP contribution in [0.2, 0.25) is 0 Å². The summed E-state index contributed by atoms with van der Waals surface area (Å²) in [5.41, 5.74) is 1.70. The van der Waals surface area contributed by atoms with Gasteiger partial charge < -0.3 is 10.1 Å². The molecule has 3 heteroatoms. The third-order valence-corrected chi connectivity index (χ3v) is 5.84. The summed E-state index contributed by atoms with van der Waals surface area (Å²) in [5, 5.41) is 3.22. The summed E-state index contributed by atoms with van der Waals surface area (Å²) >= 11 is 0. The Bertz CT molecular complexity index is 502. The number of nitrogens with one attached hydrogen (secondary N) is 1. The van der Waals surface area contributed by atoms with Crippen LogP contribution in [0, 0.1) is 23.2 Å². The summed E-state index contributed by atoms with van der Waals surface area (Å²) in [6, 6.07) is 0. The Balaban J connectivity index is 1.86. The van der Waals surface area contributed by atoms with Crippen molar-refractivity contribution in [3.8, 4) is 0 Å². The predicted octanol–water partition coefficient (Wildman–Crippen LogP) is 4.84. The van der Waals surface area contributed by atoms with Crippen LogP contribution >= 0.6 is 0 Å². The summed E-state index contributed by atoms with van der Waals surface area (Å²) in [6.45, 7) is 9.88. The van der Waals surface area contributed by atoms with E-state index in [1.54, 1.807) is 7.11 Å². The molecule has 136 valence electrons. The first-order valence-electron chi connectivity index (χ1n) is 9.53. The number of methoxy groups -OCH3 is 1. The van der Waals surface area contributed by atoms with Crippen LogP contribution in [0.3, 0.4) is 0 Å². The van der Waals surface area contributed by atoms with Crippen molar-refractivity contribution < 1.29 is 9.53 Å². The van der Waals surface area contributed by atoms with Crippen molar-refractivity contribution in [1.29, 1.82) is 0 Å². The van der Waals surface area contributed by atoms with Gasteiger partial charge in [0.1, 0.15) is 0 Å². The lowest BCUT2D eigenvalue weighted by Crippen LogP contribution is -2.42. The van der Waals surface area contributed by atoms with Gasteiger partial charge in [0.25, 0.3) is 0 Å². The molecule has 2 unspecified atom stereocenters. The zero-order chi connectivity index (χ0) is 17.7. The van der Waals surface area contributed by atoms with Crippen molar-refractivity contribution in [2.24, 2.45) is 23.2 Å². The zero-order valence-electron chi connectivity index (χ0n) is 16.2. The van der Waals surface area contributed by atoms with E-state index in [0.717, 1.165) is 38.0 Å². The van der Waals surface area contributed by atoms with Crippen LogP contribution in [-0.2, 0) is 9.53 Å². The molecule has 0 aromatic carbocycles. The Morgan fingerprint density at radius 1 is 1.33 bits per heavy atom. The maximum absolute atomic E-state index is 12.8. The number of ether oxygens (including phenoxy) is 1. The first-order valence-corrected chi connectivity index (χ1v) is 9.53. The second kappa shape index (κ2) is 8.22. The van der Waals surface area contributed by atoms with Crippen molar-refractivity contribution in [3.63, 3.8) is 0 Å². The highest BCUT2D eigenvalue weighted by Crippen LogP contribution is 2.44. The van der Waals surface area contributed by atoms with Crippen LogP contribution in [0.5, 0.6) is 0 Å². The van der Waals surface area contributed by atoms with Gasteiger partial charge in [0.2, 0.25) is 5.91 Å². The summed E-state index contributed by atoms with van der Waals surface area (Å²) in [5.74, 6) is 2.60. The molecule has 1 amide bonds. The normalized spacial score (nSPS) is 26.6. The molecule has 2 aliphatic rings. The van der Waals surface area contributed by atoms with Crippen molar-refractivity contribution >= 4 is 5.91 Å². The van der Waals surface area contributed by atoms with Gasteiger partial charge in [-0.2, -0.15) is 0 Å². The van der Waals surface area contributed by atoms with Gasteiger partial charge in [-0.3, -0.25) is 4.79 Å². The maximum atomic E-state index is 12.8. The van der Waals surface area contributed by atoms with Gasteiger partial charge in [0.15, 0.2) is 0 Å². The fourth-order valence-electron chi connectivity index (χ4n) is 4.21. The Hall–Kier alpha value is -1.25. The van der Waals surface area contributed by atoms with Gasteiger partial charge in [-0.1, -0.05) is 39.3 Å². The fourth-order valence-corrected chi connectivity index (χ4v) is 4.21.